The third-order valence-electron chi connectivity index (χ3n) is 2.30. The van der Waals surface area contributed by atoms with Crippen molar-refractivity contribution in [3.8, 4) is 0 Å². The van der Waals surface area contributed by atoms with Gasteiger partial charge in [0.15, 0.2) is 0 Å². The number of carboxylic acid groups (broad SMARTS) is 1. The van der Waals surface area contributed by atoms with Crippen molar-refractivity contribution in [3.63, 3.8) is 0 Å². The number of furan rings is 1. The van der Waals surface area contributed by atoms with E-state index in [-0.39, 0.29) is 18.2 Å². The summed E-state index contributed by atoms with van der Waals surface area (Å²) in [6, 6.07) is 6.11. The highest BCUT2D eigenvalue weighted by molar-refractivity contribution is 9.10. The Morgan fingerprint density at radius 2 is 2.16 bits per heavy atom. The van der Waals surface area contributed by atoms with Gasteiger partial charge in [0.1, 0.15) is 10.4 Å². The zero-order valence-corrected chi connectivity index (χ0v) is 11.2. The van der Waals surface area contributed by atoms with E-state index in [1.807, 2.05) is 0 Å². The molecule has 98 valence electrons. The lowest BCUT2D eigenvalue weighted by atomic mass is 10.2. The molecule has 0 saturated carbocycles. The molecule has 2 rings (SSSR count). The fraction of sp³-hybridized carbons (Fsp3) is 0.0833. The number of carbonyl (C=O) groups excluding carboxylic acids is 1. The quantitative estimate of drug-likeness (QED) is 0.840. The molecule has 0 radical (unpaired) electrons. The SMILES string of the molecule is O=C(O)c1ccc(CNC(=O)c2cccnc2Br)o1. The number of hydrogen-bond donors (Lipinski definition) is 2. The van der Waals surface area contributed by atoms with Gasteiger partial charge in [-0.15, -0.1) is 0 Å². The third-order valence-corrected chi connectivity index (χ3v) is 2.93. The Bertz CT molecular complexity index is 624. The molecule has 19 heavy (non-hydrogen) atoms. The standard InChI is InChI=1S/C12H9BrN2O4/c13-10-8(2-1-5-14-10)11(16)15-6-7-3-4-9(19-7)12(17)18/h1-5H,6H2,(H,15,16)(H,17,18). The number of rotatable bonds is 4. The van der Waals surface area contributed by atoms with Crippen LogP contribution in [0.3, 0.4) is 0 Å². The van der Waals surface area contributed by atoms with Crippen molar-refractivity contribution in [2.75, 3.05) is 0 Å². The predicted molar refractivity (Wildman–Crippen MR) is 68.8 cm³/mol. The number of carboxylic acids is 1. The van der Waals surface area contributed by atoms with Gasteiger partial charge in [-0.3, -0.25) is 4.79 Å². The van der Waals surface area contributed by atoms with E-state index in [0.717, 1.165) is 0 Å². The largest absolute Gasteiger partial charge is 0.475 e. The second-order valence-corrected chi connectivity index (χ2v) is 4.35. The van der Waals surface area contributed by atoms with Gasteiger partial charge in [-0.25, -0.2) is 9.78 Å². The second-order valence-electron chi connectivity index (χ2n) is 3.60. The van der Waals surface area contributed by atoms with Crippen molar-refractivity contribution in [2.45, 2.75) is 6.54 Å². The summed E-state index contributed by atoms with van der Waals surface area (Å²) < 4.78 is 5.46. The normalized spacial score (nSPS) is 10.2. The molecule has 2 aromatic heterocycles. The van der Waals surface area contributed by atoms with Gasteiger partial charge in [0.25, 0.3) is 5.91 Å². The number of nitrogens with zero attached hydrogens (tertiary/aromatic N) is 1. The summed E-state index contributed by atoms with van der Waals surface area (Å²) in [5.74, 6) is -1.27. The minimum Gasteiger partial charge on any atom is -0.475 e. The van der Waals surface area contributed by atoms with Crippen LogP contribution in [0.2, 0.25) is 0 Å². The minimum absolute atomic E-state index is 0.105. The summed E-state index contributed by atoms with van der Waals surface area (Å²) in [5, 5.41) is 11.3. The van der Waals surface area contributed by atoms with Crippen molar-refractivity contribution in [1.82, 2.24) is 10.3 Å². The molecular weight excluding hydrogens is 316 g/mol. The fourth-order valence-corrected chi connectivity index (χ4v) is 1.84. The van der Waals surface area contributed by atoms with Gasteiger partial charge in [-0.1, -0.05) is 0 Å². The first-order valence-electron chi connectivity index (χ1n) is 5.28. The summed E-state index contributed by atoms with van der Waals surface area (Å²) in [5.41, 5.74) is 0.396. The number of pyridine rings is 1. The number of carbonyl (C=O) groups is 2. The monoisotopic (exact) mass is 324 g/mol. The van der Waals surface area contributed by atoms with Gasteiger partial charge in [0.05, 0.1) is 12.1 Å². The molecule has 0 aliphatic heterocycles. The minimum atomic E-state index is -1.15. The van der Waals surface area contributed by atoms with Crippen LogP contribution in [0.5, 0.6) is 0 Å². The number of hydrogen-bond acceptors (Lipinski definition) is 4. The van der Waals surface area contributed by atoms with Crippen LogP contribution < -0.4 is 5.32 Å². The van der Waals surface area contributed by atoms with Crippen LogP contribution in [0.4, 0.5) is 0 Å². The number of aromatic nitrogens is 1. The Balaban J connectivity index is 2.00. The molecule has 0 aliphatic carbocycles. The van der Waals surface area contributed by atoms with E-state index in [2.05, 4.69) is 26.2 Å². The Labute approximate surface area is 116 Å². The van der Waals surface area contributed by atoms with E-state index in [0.29, 0.717) is 15.9 Å². The van der Waals surface area contributed by atoms with Crippen molar-refractivity contribution in [3.05, 3.63) is 52.1 Å². The first kappa shape index (κ1) is 13.3. The molecular formula is C12H9BrN2O4. The molecule has 0 bridgehead atoms. The van der Waals surface area contributed by atoms with Gasteiger partial charge >= 0.3 is 5.97 Å². The second kappa shape index (κ2) is 5.66. The molecule has 0 spiro atoms. The average Bonchev–Trinajstić information content (AvgIpc) is 2.85. The molecule has 2 N–H and O–H groups in total. The highest BCUT2D eigenvalue weighted by Crippen LogP contribution is 2.13. The molecule has 0 fully saturated rings. The van der Waals surface area contributed by atoms with Crippen LogP contribution in [0.25, 0.3) is 0 Å². The molecule has 0 aromatic carbocycles. The van der Waals surface area contributed by atoms with E-state index in [1.54, 1.807) is 18.3 Å². The van der Waals surface area contributed by atoms with Gasteiger partial charge in [0, 0.05) is 6.20 Å². The highest BCUT2D eigenvalue weighted by atomic mass is 79.9. The summed E-state index contributed by atoms with van der Waals surface area (Å²) in [6.45, 7) is 0.105. The van der Waals surface area contributed by atoms with E-state index < -0.39 is 5.97 Å². The molecule has 7 heteroatoms. The van der Waals surface area contributed by atoms with E-state index in [9.17, 15) is 9.59 Å². The maximum absolute atomic E-state index is 11.8. The highest BCUT2D eigenvalue weighted by Gasteiger charge is 2.12. The van der Waals surface area contributed by atoms with Crippen molar-refractivity contribution in [1.29, 1.82) is 0 Å². The Morgan fingerprint density at radius 1 is 1.37 bits per heavy atom. The lowest BCUT2D eigenvalue weighted by molar-refractivity contribution is 0.0660. The third kappa shape index (κ3) is 3.19. The van der Waals surface area contributed by atoms with Crippen LogP contribution in [0.1, 0.15) is 26.7 Å². The molecule has 0 atom stereocenters. The molecule has 0 saturated heterocycles. The van der Waals surface area contributed by atoms with Crippen LogP contribution in [-0.2, 0) is 6.54 Å². The van der Waals surface area contributed by atoms with Crippen LogP contribution >= 0.6 is 15.9 Å². The van der Waals surface area contributed by atoms with E-state index in [4.69, 9.17) is 9.52 Å². The van der Waals surface area contributed by atoms with Crippen LogP contribution in [-0.4, -0.2) is 22.0 Å². The zero-order valence-electron chi connectivity index (χ0n) is 9.59. The maximum Gasteiger partial charge on any atom is 0.371 e. The first-order valence-corrected chi connectivity index (χ1v) is 6.08. The number of halogens is 1. The lowest BCUT2D eigenvalue weighted by Crippen LogP contribution is -2.23. The van der Waals surface area contributed by atoms with Crippen LogP contribution in [0.15, 0.2) is 39.5 Å². The molecule has 0 unspecified atom stereocenters. The number of nitrogens with one attached hydrogen (secondary N) is 1. The number of amides is 1. The van der Waals surface area contributed by atoms with E-state index >= 15 is 0 Å². The predicted octanol–water partition coefficient (Wildman–Crippen LogP) is 2.07. The molecule has 1 amide bonds. The maximum atomic E-state index is 11.8. The fourth-order valence-electron chi connectivity index (χ4n) is 1.41. The molecule has 6 nitrogen and oxygen atoms in total. The summed E-state index contributed by atoms with van der Waals surface area (Å²) >= 11 is 3.17. The van der Waals surface area contributed by atoms with Gasteiger partial charge < -0.3 is 14.8 Å². The van der Waals surface area contributed by atoms with Crippen molar-refractivity contribution >= 4 is 27.8 Å². The smallest absolute Gasteiger partial charge is 0.371 e. The van der Waals surface area contributed by atoms with Crippen LogP contribution in [0, 0.1) is 0 Å². The van der Waals surface area contributed by atoms with Gasteiger partial charge in [0.2, 0.25) is 5.76 Å². The first-order chi connectivity index (χ1) is 9.08. The topological polar surface area (TPSA) is 92.4 Å². The Morgan fingerprint density at radius 3 is 2.79 bits per heavy atom. The van der Waals surface area contributed by atoms with Gasteiger partial charge in [-0.2, -0.15) is 0 Å². The Kier molecular flexibility index (Phi) is 3.96. The lowest BCUT2D eigenvalue weighted by Gasteiger charge is -2.04. The summed E-state index contributed by atoms with van der Waals surface area (Å²) in [4.78, 5) is 26.4. The number of aromatic carboxylic acids is 1. The molecule has 2 heterocycles. The zero-order chi connectivity index (χ0) is 13.8. The van der Waals surface area contributed by atoms with Crippen molar-refractivity contribution < 1.29 is 19.1 Å². The summed E-state index contributed by atoms with van der Waals surface area (Å²) in [6.07, 6.45) is 1.56. The summed E-state index contributed by atoms with van der Waals surface area (Å²) in [7, 11) is 0. The Hall–Kier alpha value is -2.15. The average molecular weight is 325 g/mol. The molecule has 0 aliphatic rings. The molecule has 2 aromatic rings. The van der Waals surface area contributed by atoms with Crippen molar-refractivity contribution in [2.24, 2.45) is 0 Å². The van der Waals surface area contributed by atoms with Gasteiger partial charge in [-0.05, 0) is 40.2 Å². The van der Waals surface area contributed by atoms with E-state index in [1.165, 1.54) is 12.1 Å².